The Morgan fingerprint density at radius 1 is 1.06 bits per heavy atom. The number of rotatable bonds is 6. The number of fused-ring (bicyclic) bond motifs is 2. The fourth-order valence-corrected chi connectivity index (χ4v) is 4.22. The molecule has 4 N–H and O–H groups in total. The van der Waals surface area contributed by atoms with Crippen LogP contribution in [0.4, 0.5) is 9.59 Å². The molecule has 4 rings (SSSR count). The minimum Gasteiger partial charge on any atom is -0.465 e. The molecule has 166 valence electrons. The lowest BCUT2D eigenvalue weighted by atomic mass is 9.80. The van der Waals surface area contributed by atoms with Gasteiger partial charge in [-0.3, -0.25) is 25.3 Å². The average molecular weight is 431 g/mol. The summed E-state index contributed by atoms with van der Waals surface area (Å²) in [6.07, 6.45) is 0.741. The maximum Gasteiger partial charge on any atom is 0.404 e. The molecular formula is C20H25N5O6. The molecule has 2 atom stereocenters. The summed E-state index contributed by atoms with van der Waals surface area (Å²) in [5.41, 5.74) is 5.74. The van der Waals surface area contributed by atoms with Gasteiger partial charge in [-0.25, -0.2) is 9.59 Å². The standard InChI is InChI=1S/C20H25N5O6/c26-17(13-8-14(9-13)21-19(28)29)22-23-18(27)16-7-6-15-10-24(16)20(30)25(15)31-11-12-4-2-1-3-5-12/h1-5,13-16,21H,6-11H2,(H,22,26)(H,23,27)(H,28,29)/t13-,14-,15-,16+/m1/s1. The maximum absolute atomic E-state index is 12.8. The predicted octanol–water partition coefficient (Wildman–Crippen LogP) is 0.580. The van der Waals surface area contributed by atoms with Gasteiger partial charge in [-0.1, -0.05) is 30.3 Å². The second-order valence-corrected chi connectivity index (χ2v) is 8.06. The van der Waals surface area contributed by atoms with Gasteiger partial charge < -0.3 is 15.3 Å². The molecule has 0 aromatic heterocycles. The van der Waals surface area contributed by atoms with Gasteiger partial charge in [-0.15, -0.1) is 0 Å². The Bertz CT molecular complexity index is 859. The van der Waals surface area contributed by atoms with E-state index in [1.54, 1.807) is 0 Å². The van der Waals surface area contributed by atoms with E-state index in [9.17, 15) is 19.2 Å². The van der Waals surface area contributed by atoms with Crippen molar-refractivity contribution in [3.8, 4) is 0 Å². The van der Waals surface area contributed by atoms with Crippen LogP contribution >= 0.6 is 0 Å². The van der Waals surface area contributed by atoms with Crippen molar-refractivity contribution in [3.63, 3.8) is 0 Å². The molecule has 2 aliphatic heterocycles. The molecule has 3 aliphatic rings. The second kappa shape index (κ2) is 8.80. The fourth-order valence-electron chi connectivity index (χ4n) is 4.22. The van der Waals surface area contributed by atoms with Gasteiger partial charge in [-0.2, -0.15) is 5.06 Å². The molecule has 2 heterocycles. The lowest BCUT2D eigenvalue weighted by Gasteiger charge is -2.34. The van der Waals surface area contributed by atoms with Crippen LogP contribution in [0.5, 0.6) is 0 Å². The number of nitrogens with one attached hydrogen (secondary N) is 3. The largest absolute Gasteiger partial charge is 0.465 e. The number of benzene rings is 1. The molecule has 11 heteroatoms. The minimum atomic E-state index is -1.12. The zero-order valence-corrected chi connectivity index (χ0v) is 16.8. The molecule has 2 bridgehead atoms. The predicted molar refractivity (Wildman–Crippen MR) is 106 cm³/mol. The molecule has 2 saturated heterocycles. The van der Waals surface area contributed by atoms with Crippen molar-refractivity contribution in [3.05, 3.63) is 35.9 Å². The van der Waals surface area contributed by atoms with Crippen molar-refractivity contribution in [2.75, 3.05) is 6.54 Å². The first-order valence-corrected chi connectivity index (χ1v) is 10.3. The van der Waals surface area contributed by atoms with Crippen LogP contribution in [-0.2, 0) is 21.0 Å². The maximum atomic E-state index is 12.8. The monoisotopic (exact) mass is 431 g/mol. The highest BCUT2D eigenvalue weighted by Crippen LogP contribution is 2.31. The van der Waals surface area contributed by atoms with E-state index in [1.807, 2.05) is 30.3 Å². The fraction of sp³-hybridized carbons (Fsp3) is 0.500. The molecule has 0 spiro atoms. The number of piperidine rings is 1. The van der Waals surface area contributed by atoms with E-state index in [-0.39, 0.29) is 36.5 Å². The Morgan fingerprint density at radius 3 is 2.48 bits per heavy atom. The highest BCUT2D eigenvalue weighted by Gasteiger charge is 2.48. The van der Waals surface area contributed by atoms with Gasteiger partial charge in [0.15, 0.2) is 0 Å². The van der Waals surface area contributed by atoms with Gasteiger partial charge in [0.1, 0.15) is 12.6 Å². The Hall–Kier alpha value is -3.34. The van der Waals surface area contributed by atoms with Crippen LogP contribution in [0.1, 0.15) is 31.2 Å². The number of carbonyl (C=O) groups is 4. The Morgan fingerprint density at radius 2 is 1.77 bits per heavy atom. The first-order valence-electron chi connectivity index (χ1n) is 10.3. The number of nitrogens with zero attached hydrogens (tertiary/aromatic N) is 2. The SMILES string of the molecule is O=C(O)N[C@H]1C[C@H](C(=O)NNC(=O)[C@@H]2CC[C@@H]3CN2C(=O)N3OCc2ccccc2)C1. The van der Waals surface area contributed by atoms with E-state index in [4.69, 9.17) is 9.94 Å². The van der Waals surface area contributed by atoms with Crippen LogP contribution in [-0.4, -0.2) is 63.7 Å². The number of hydroxylamine groups is 2. The van der Waals surface area contributed by atoms with Crippen LogP contribution in [0.15, 0.2) is 30.3 Å². The molecule has 1 aromatic rings. The summed E-state index contributed by atoms with van der Waals surface area (Å²) >= 11 is 0. The van der Waals surface area contributed by atoms with Gasteiger partial charge in [-0.05, 0) is 31.2 Å². The van der Waals surface area contributed by atoms with E-state index < -0.39 is 18.0 Å². The highest BCUT2D eigenvalue weighted by molar-refractivity contribution is 5.90. The van der Waals surface area contributed by atoms with E-state index >= 15 is 0 Å². The van der Waals surface area contributed by atoms with E-state index in [2.05, 4.69) is 16.2 Å². The number of carbonyl (C=O) groups excluding carboxylic acids is 3. The topological polar surface area (TPSA) is 140 Å². The van der Waals surface area contributed by atoms with E-state index in [1.165, 1.54) is 9.96 Å². The van der Waals surface area contributed by atoms with Crippen LogP contribution in [0.3, 0.4) is 0 Å². The number of hydrogen-bond donors (Lipinski definition) is 4. The molecule has 1 saturated carbocycles. The quantitative estimate of drug-likeness (QED) is 0.486. The summed E-state index contributed by atoms with van der Waals surface area (Å²) < 4.78 is 0. The molecule has 3 fully saturated rings. The van der Waals surface area contributed by atoms with Crippen LogP contribution < -0.4 is 16.2 Å². The molecule has 1 aromatic carbocycles. The van der Waals surface area contributed by atoms with Crippen LogP contribution in [0.2, 0.25) is 0 Å². The Balaban J connectivity index is 1.24. The summed E-state index contributed by atoms with van der Waals surface area (Å²) in [7, 11) is 0. The number of hydrogen-bond acceptors (Lipinski definition) is 5. The lowest BCUT2D eigenvalue weighted by molar-refractivity contribution is -0.140. The number of carboxylic acid groups (broad SMARTS) is 1. The lowest BCUT2D eigenvalue weighted by Crippen LogP contribution is -2.57. The van der Waals surface area contributed by atoms with Crippen LogP contribution in [0.25, 0.3) is 0 Å². The third-order valence-corrected chi connectivity index (χ3v) is 5.98. The van der Waals surface area contributed by atoms with Gasteiger partial charge in [0, 0.05) is 18.5 Å². The van der Waals surface area contributed by atoms with E-state index in [0.29, 0.717) is 32.2 Å². The third kappa shape index (κ3) is 4.55. The summed E-state index contributed by atoms with van der Waals surface area (Å²) in [6, 6.07) is 8.13. The summed E-state index contributed by atoms with van der Waals surface area (Å²) in [5, 5.41) is 12.3. The number of urea groups is 1. The zero-order chi connectivity index (χ0) is 22.0. The first-order chi connectivity index (χ1) is 14.9. The molecule has 1 aliphatic carbocycles. The minimum absolute atomic E-state index is 0.108. The molecule has 31 heavy (non-hydrogen) atoms. The summed E-state index contributed by atoms with van der Waals surface area (Å²) in [4.78, 5) is 55.3. The van der Waals surface area contributed by atoms with Crippen LogP contribution in [0, 0.1) is 5.92 Å². The van der Waals surface area contributed by atoms with Crippen molar-refractivity contribution < 1.29 is 29.1 Å². The highest BCUT2D eigenvalue weighted by atomic mass is 16.7. The second-order valence-electron chi connectivity index (χ2n) is 8.06. The molecule has 0 unspecified atom stereocenters. The van der Waals surface area contributed by atoms with Crippen molar-refractivity contribution in [2.45, 2.75) is 50.4 Å². The van der Waals surface area contributed by atoms with Crippen molar-refractivity contribution in [1.82, 2.24) is 26.1 Å². The average Bonchev–Trinajstić information content (AvgIpc) is 2.97. The Labute approximate surface area is 178 Å². The summed E-state index contributed by atoms with van der Waals surface area (Å²) in [6.45, 7) is 0.660. The Kier molecular flexibility index (Phi) is 5.94. The van der Waals surface area contributed by atoms with Crippen molar-refractivity contribution in [2.24, 2.45) is 5.92 Å². The zero-order valence-electron chi connectivity index (χ0n) is 16.8. The van der Waals surface area contributed by atoms with Crippen molar-refractivity contribution >= 4 is 23.9 Å². The molecular weight excluding hydrogens is 406 g/mol. The van der Waals surface area contributed by atoms with E-state index in [0.717, 1.165) is 5.56 Å². The third-order valence-electron chi connectivity index (χ3n) is 5.98. The number of hydrazine groups is 1. The van der Waals surface area contributed by atoms with Gasteiger partial charge >= 0.3 is 12.1 Å². The van der Waals surface area contributed by atoms with Gasteiger partial charge in [0.05, 0.1) is 6.04 Å². The number of amides is 5. The molecule has 0 radical (unpaired) electrons. The first kappa shape index (κ1) is 20.9. The summed E-state index contributed by atoms with van der Waals surface area (Å²) in [5.74, 6) is -1.18. The van der Waals surface area contributed by atoms with Gasteiger partial charge in [0.2, 0.25) is 5.91 Å². The van der Waals surface area contributed by atoms with Gasteiger partial charge in [0.25, 0.3) is 5.91 Å². The smallest absolute Gasteiger partial charge is 0.404 e. The normalized spacial score (nSPS) is 26.8. The molecule has 5 amide bonds. The molecule has 11 nitrogen and oxygen atoms in total. The van der Waals surface area contributed by atoms with Crippen molar-refractivity contribution in [1.29, 1.82) is 0 Å².